The molecule has 0 aromatic heterocycles. The van der Waals surface area contributed by atoms with Crippen LogP contribution in [0.5, 0.6) is 0 Å². The second-order valence-corrected chi connectivity index (χ2v) is 4.81. The third-order valence-electron chi connectivity index (χ3n) is 3.86. The molecule has 2 heteroatoms. The van der Waals surface area contributed by atoms with Crippen molar-refractivity contribution in [2.24, 2.45) is 5.92 Å². The predicted octanol–water partition coefficient (Wildman–Crippen LogP) is 2.89. The first-order chi connectivity index (χ1) is 7.86. The normalized spacial score (nSPS) is 33.2. The second kappa shape index (κ2) is 3.93. The van der Waals surface area contributed by atoms with Gasteiger partial charge in [-0.2, -0.15) is 0 Å². The number of ether oxygens (including phenoxy) is 1. The van der Waals surface area contributed by atoms with Crippen LogP contribution in [0, 0.1) is 5.92 Å². The molecule has 16 heavy (non-hydrogen) atoms. The largest absolute Gasteiger partial charge is 0.462 e. The zero-order valence-corrected chi connectivity index (χ0v) is 9.26. The number of benzene rings is 1. The van der Waals surface area contributed by atoms with Crippen LogP contribution in [0.1, 0.15) is 37.2 Å². The Labute approximate surface area is 95.6 Å². The Balaban J connectivity index is 1.91. The van der Waals surface area contributed by atoms with Crippen LogP contribution in [0.25, 0.3) is 0 Å². The molecule has 0 unspecified atom stereocenters. The molecule has 1 aromatic rings. The molecular formula is C14H16O2. The fourth-order valence-electron chi connectivity index (χ4n) is 3.09. The van der Waals surface area contributed by atoms with E-state index in [1.54, 1.807) is 0 Å². The number of esters is 1. The van der Waals surface area contributed by atoms with Gasteiger partial charge in [-0.15, -0.1) is 0 Å². The Morgan fingerprint density at radius 1 is 1.06 bits per heavy atom. The third-order valence-corrected chi connectivity index (χ3v) is 3.86. The molecule has 1 aromatic carbocycles. The topological polar surface area (TPSA) is 26.3 Å². The summed E-state index contributed by atoms with van der Waals surface area (Å²) in [6.45, 7) is 0. The molecule has 0 bridgehead atoms. The van der Waals surface area contributed by atoms with Crippen molar-refractivity contribution >= 4 is 5.97 Å². The van der Waals surface area contributed by atoms with Gasteiger partial charge < -0.3 is 4.74 Å². The molecule has 2 aliphatic rings. The highest BCUT2D eigenvalue weighted by Gasteiger charge is 2.45. The molecule has 0 radical (unpaired) electrons. The van der Waals surface area contributed by atoms with E-state index in [-0.39, 0.29) is 18.0 Å². The van der Waals surface area contributed by atoms with E-state index in [2.05, 4.69) is 0 Å². The quantitative estimate of drug-likeness (QED) is 0.675. The number of carbonyl (C=O) groups excluding carboxylic acids is 1. The third kappa shape index (κ3) is 1.53. The first-order valence-electron chi connectivity index (χ1n) is 6.12. The maximum atomic E-state index is 11.9. The van der Waals surface area contributed by atoms with Gasteiger partial charge in [0.1, 0.15) is 6.10 Å². The van der Waals surface area contributed by atoms with Crippen LogP contribution >= 0.6 is 0 Å². The average Bonchev–Trinajstić information content (AvgIpc) is 2.66. The summed E-state index contributed by atoms with van der Waals surface area (Å²) in [6.07, 6.45) is 4.82. The molecule has 1 heterocycles. The van der Waals surface area contributed by atoms with E-state index >= 15 is 0 Å². The Morgan fingerprint density at radius 3 is 2.62 bits per heavy atom. The summed E-state index contributed by atoms with van der Waals surface area (Å²) < 4.78 is 5.49. The molecule has 0 amide bonds. The summed E-state index contributed by atoms with van der Waals surface area (Å²) >= 11 is 0. The van der Waals surface area contributed by atoms with E-state index in [0.29, 0.717) is 5.92 Å². The Morgan fingerprint density at radius 2 is 1.81 bits per heavy atom. The Kier molecular flexibility index (Phi) is 2.43. The highest BCUT2D eigenvalue weighted by atomic mass is 16.6. The van der Waals surface area contributed by atoms with E-state index in [9.17, 15) is 4.79 Å². The fraction of sp³-hybridized carbons (Fsp3) is 0.500. The van der Waals surface area contributed by atoms with Gasteiger partial charge in [0.05, 0.1) is 5.92 Å². The lowest BCUT2D eigenvalue weighted by atomic mass is 9.77. The molecule has 1 saturated carbocycles. The number of hydrogen-bond acceptors (Lipinski definition) is 2. The van der Waals surface area contributed by atoms with Crippen LogP contribution in [0.2, 0.25) is 0 Å². The number of rotatable bonds is 1. The van der Waals surface area contributed by atoms with E-state index in [4.69, 9.17) is 4.74 Å². The summed E-state index contributed by atoms with van der Waals surface area (Å²) in [5.41, 5.74) is 1.13. The standard InChI is InChI=1S/C14H16O2/c15-14-13(10-6-2-1-3-7-10)11-8-4-5-9-12(11)16-14/h1-3,6-7,11-13H,4-5,8-9H2/t11-,12+,13+/m0/s1. The zero-order valence-electron chi connectivity index (χ0n) is 9.26. The lowest BCUT2D eigenvalue weighted by Gasteiger charge is -2.25. The van der Waals surface area contributed by atoms with Crippen molar-refractivity contribution in [1.29, 1.82) is 0 Å². The van der Waals surface area contributed by atoms with Crippen LogP contribution in [0.3, 0.4) is 0 Å². The maximum Gasteiger partial charge on any atom is 0.314 e. The van der Waals surface area contributed by atoms with Gasteiger partial charge >= 0.3 is 5.97 Å². The average molecular weight is 216 g/mol. The van der Waals surface area contributed by atoms with Crippen LogP contribution < -0.4 is 0 Å². The van der Waals surface area contributed by atoms with E-state index in [1.165, 1.54) is 12.8 Å². The highest BCUT2D eigenvalue weighted by Crippen LogP contribution is 2.43. The minimum absolute atomic E-state index is 0.00787. The molecule has 2 nitrogen and oxygen atoms in total. The highest BCUT2D eigenvalue weighted by molar-refractivity contribution is 5.81. The van der Waals surface area contributed by atoms with Gasteiger partial charge in [0.2, 0.25) is 0 Å². The minimum atomic E-state index is -0.0110. The smallest absolute Gasteiger partial charge is 0.314 e. The van der Waals surface area contributed by atoms with Gasteiger partial charge in [0, 0.05) is 5.92 Å². The fourth-order valence-corrected chi connectivity index (χ4v) is 3.09. The molecule has 1 aliphatic carbocycles. The maximum absolute atomic E-state index is 11.9. The zero-order chi connectivity index (χ0) is 11.0. The SMILES string of the molecule is O=C1O[C@@H]2CCCC[C@@H]2[C@H]1c1ccccc1. The first kappa shape index (κ1) is 9.88. The van der Waals surface area contributed by atoms with Crippen LogP contribution in [-0.4, -0.2) is 12.1 Å². The monoisotopic (exact) mass is 216 g/mol. The molecule has 1 saturated heterocycles. The van der Waals surface area contributed by atoms with Crippen molar-refractivity contribution < 1.29 is 9.53 Å². The van der Waals surface area contributed by atoms with Gasteiger partial charge in [0.25, 0.3) is 0 Å². The summed E-state index contributed by atoms with van der Waals surface area (Å²) in [5, 5.41) is 0. The van der Waals surface area contributed by atoms with Crippen LogP contribution in [0.4, 0.5) is 0 Å². The summed E-state index contributed by atoms with van der Waals surface area (Å²) in [4.78, 5) is 11.9. The number of hydrogen-bond donors (Lipinski definition) is 0. The minimum Gasteiger partial charge on any atom is -0.462 e. The van der Waals surface area contributed by atoms with Crippen LogP contribution in [0.15, 0.2) is 30.3 Å². The van der Waals surface area contributed by atoms with Gasteiger partial charge in [-0.25, -0.2) is 0 Å². The first-order valence-corrected chi connectivity index (χ1v) is 6.12. The van der Waals surface area contributed by atoms with Crippen molar-refractivity contribution in [3.63, 3.8) is 0 Å². The Bertz CT molecular complexity index is 385. The van der Waals surface area contributed by atoms with Crippen molar-refractivity contribution in [2.45, 2.75) is 37.7 Å². The van der Waals surface area contributed by atoms with Crippen molar-refractivity contribution in [2.75, 3.05) is 0 Å². The molecular weight excluding hydrogens is 200 g/mol. The summed E-state index contributed by atoms with van der Waals surface area (Å²) in [6, 6.07) is 10.1. The lowest BCUT2D eigenvalue weighted by molar-refractivity contribution is -0.142. The lowest BCUT2D eigenvalue weighted by Crippen LogP contribution is -2.23. The van der Waals surface area contributed by atoms with Crippen molar-refractivity contribution in [3.8, 4) is 0 Å². The Hall–Kier alpha value is -1.31. The van der Waals surface area contributed by atoms with E-state index in [1.807, 2.05) is 30.3 Å². The molecule has 3 atom stereocenters. The van der Waals surface area contributed by atoms with E-state index in [0.717, 1.165) is 18.4 Å². The van der Waals surface area contributed by atoms with Gasteiger partial charge in [-0.3, -0.25) is 4.79 Å². The molecule has 1 aliphatic heterocycles. The van der Waals surface area contributed by atoms with Crippen molar-refractivity contribution in [1.82, 2.24) is 0 Å². The molecule has 2 fully saturated rings. The van der Waals surface area contributed by atoms with E-state index < -0.39 is 0 Å². The van der Waals surface area contributed by atoms with Gasteiger partial charge in [0.15, 0.2) is 0 Å². The van der Waals surface area contributed by atoms with Crippen molar-refractivity contribution in [3.05, 3.63) is 35.9 Å². The second-order valence-electron chi connectivity index (χ2n) is 4.81. The molecule has 0 N–H and O–H groups in total. The summed E-state index contributed by atoms with van der Waals surface area (Å²) in [5.74, 6) is 0.401. The van der Waals surface area contributed by atoms with Gasteiger partial charge in [-0.05, 0) is 24.8 Å². The predicted molar refractivity (Wildman–Crippen MR) is 61.0 cm³/mol. The number of carbonyl (C=O) groups is 1. The van der Waals surface area contributed by atoms with Gasteiger partial charge in [-0.1, -0.05) is 36.8 Å². The van der Waals surface area contributed by atoms with Crippen LogP contribution in [-0.2, 0) is 9.53 Å². The molecule has 0 spiro atoms. The number of fused-ring (bicyclic) bond motifs is 1. The molecule has 84 valence electrons. The molecule has 3 rings (SSSR count). The summed E-state index contributed by atoms with van der Waals surface area (Å²) in [7, 11) is 0.